The van der Waals surface area contributed by atoms with Crippen LogP contribution in [-0.2, 0) is 38.2 Å². The first-order valence-corrected chi connectivity index (χ1v) is 28.8. The molecule has 0 radical (unpaired) electrons. The van der Waals surface area contributed by atoms with Crippen LogP contribution in [-0.4, -0.2) is 184 Å². The van der Waals surface area contributed by atoms with Gasteiger partial charge in [-0.25, -0.2) is 9.97 Å². The molecule has 1 aromatic heterocycles. The van der Waals surface area contributed by atoms with Gasteiger partial charge in [0.2, 0.25) is 23.6 Å². The lowest BCUT2D eigenvalue weighted by molar-refractivity contribution is -0.149. The Bertz CT molecular complexity index is 2690. The number of amides is 10. The highest BCUT2D eigenvalue weighted by Crippen LogP contribution is 2.43. The summed E-state index contributed by atoms with van der Waals surface area (Å²) in [6, 6.07) is -0.0576. The van der Waals surface area contributed by atoms with E-state index in [1.807, 2.05) is 27.7 Å². The van der Waals surface area contributed by atoms with Crippen molar-refractivity contribution in [2.24, 2.45) is 23.2 Å². The fraction of sp³-hybridized carbons (Fsp3) is 0.649. The predicted octanol–water partition coefficient (Wildman–Crippen LogP) is 1.86. The number of hydrogen-bond acceptors (Lipinski definition) is 16. The number of anilines is 1. The molecule has 2 unspecified atom stereocenters. The summed E-state index contributed by atoms with van der Waals surface area (Å²) >= 11 is 0. The van der Waals surface area contributed by atoms with E-state index in [9.17, 15) is 53.1 Å². The zero-order valence-electron chi connectivity index (χ0n) is 47.1. The average molecular weight is 1130 g/mol. The van der Waals surface area contributed by atoms with Crippen LogP contribution in [0.15, 0.2) is 30.6 Å². The first-order valence-electron chi connectivity index (χ1n) is 28.8. The Hall–Kier alpha value is -6.92. The molecule has 2 saturated heterocycles. The van der Waals surface area contributed by atoms with Gasteiger partial charge in [0.05, 0.1) is 56.0 Å². The SMILES string of the molecule is CCC[C@H](NC(=O)[C@@H]1[C@H]2CCC[C@H]2CN1C(=O)[C@@H](NC(=O)[C@@H](NC(=O)c1cnc(C(=O)NCCOCCOCCNc2cccc3c2C(=O)N(C2CCC(=O)N(C)C2=O)C3=O)cn1)C1CCCCC1)C(C)(C)C)C(O)C(=O)NC1CC1. The Labute approximate surface area is 471 Å². The van der Waals surface area contributed by atoms with Crippen molar-refractivity contribution in [3.05, 3.63) is 53.1 Å². The largest absolute Gasteiger partial charge is 0.382 e. The van der Waals surface area contributed by atoms with Crippen LogP contribution >= 0.6 is 0 Å². The number of nitrogens with one attached hydrogen (secondary N) is 6. The summed E-state index contributed by atoms with van der Waals surface area (Å²) in [6.45, 7) is 8.93. The normalized spacial score (nSPS) is 22.6. The predicted molar refractivity (Wildman–Crippen MR) is 292 cm³/mol. The zero-order valence-corrected chi connectivity index (χ0v) is 47.1. The van der Waals surface area contributed by atoms with Gasteiger partial charge in [-0.2, -0.15) is 0 Å². The molecule has 3 aliphatic heterocycles. The van der Waals surface area contributed by atoms with Gasteiger partial charge in [0.25, 0.3) is 35.4 Å². The molecule has 2 aromatic rings. The van der Waals surface area contributed by atoms with Crippen LogP contribution in [0.2, 0.25) is 0 Å². The first-order chi connectivity index (χ1) is 38.8. The van der Waals surface area contributed by atoms with Crippen LogP contribution in [0.5, 0.6) is 0 Å². The van der Waals surface area contributed by atoms with E-state index in [0.717, 1.165) is 73.6 Å². The van der Waals surface area contributed by atoms with Gasteiger partial charge in [0.1, 0.15) is 35.6 Å². The molecule has 440 valence electrons. The molecule has 24 heteroatoms. The summed E-state index contributed by atoms with van der Waals surface area (Å²) in [5.74, 6) is -5.64. The molecular formula is C57H79N11O13. The second-order valence-electron chi connectivity index (χ2n) is 23.3. The number of carbonyl (C=O) groups excluding carboxylic acids is 10. The van der Waals surface area contributed by atoms with Crippen LogP contribution in [0.25, 0.3) is 0 Å². The molecule has 7 N–H and O–H groups in total. The van der Waals surface area contributed by atoms with Gasteiger partial charge in [-0.3, -0.25) is 57.7 Å². The van der Waals surface area contributed by atoms with Crippen molar-refractivity contribution in [2.45, 2.75) is 160 Å². The molecule has 8 rings (SSSR count). The van der Waals surface area contributed by atoms with Crippen LogP contribution in [0.1, 0.15) is 159 Å². The third-order valence-electron chi connectivity index (χ3n) is 16.5. The van der Waals surface area contributed by atoms with Crippen molar-refractivity contribution in [1.29, 1.82) is 0 Å². The lowest BCUT2D eigenvalue weighted by Gasteiger charge is -2.38. The van der Waals surface area contributed by atoms with Gasteiger partial charge in [0.15, 0.2) is 6.10 Å². The number of benzene rings is 1. The highest BCUT2D eigenvalue weighted by Gasteiger charge is 2.53. The molecule has 1 aromatic carbocycles. The molecular weight excluding hydrogens is 1050 g/mol. The standard InChI is InChI=1S/C57H79N11O13/c1-6-12-38(46(70)52(75)62-34-19-20-34)63-51(74)45-35-16-10-15-33(35)31-67(45)56(79)47(57(2,3)4)65-50(73)44(32-13-8-7-9-14-32)64-49(72)40-30-60-39(29-61-40)48(71)59-24-26-81-28-27-80-25-23-58-37-18-11-17-36-43(37)55(78)68(53(36)76)41-21-22-42(69)66(5)54(41)77/h11,17-18,29-30,32-35,38,41,44-47,58,70H,6-10,12-16,19-28,31H2,1-5H3,(H,59,71)(H,62,75)(H,63,74)(H,64,72)(H,65,73)/t33-,35-,38-,41?,44-,45-,46?,47+/m0/s1. The van der Waals surface area contributed by atoms with E-state index in [2.05, 4.69) is 41.9 Å². The summed E-state index contributed by atoms with van der Waals surface area (Å²) < 4.78 is 11.3. The second-order valence-corrected chi connectivity index (χ2v) is 23.3. The van der Waals surface area contributed by atoms with E-state index >= 15 is 0 Å². The van der Waals surface area contributed by atoms with Gasteiger partial charge in [-0.05, 0) is 86.7 Å². The van der Waals surface area contributed by atoms with Crippen molar-refractivity contribution in [1.82, 2.24) is 51.3 Å². The van der Waals surface area contributed by atoms with Crippen LogP contribution in [0.3, 0.4) is 0 Å². The summed E-state index contributed by atoms with van der Waals surface area (Å²) in [5.41, 5.74) is -0.271. The smallest absolute Gasteiger partial charge is 0.272 e. The number of nitrogens with zero attached hydrogens (tertiary/aromatic N) is 5. The van der Waals surface area contributed by atoms with Crippen molar-refractivity contribution < 1.29 is 62.5 Å². The topological polar surface area (TPSA) is 317 Å². The summed E-state index contributed by atoms with van der Waals surface area (Å²) in [5, 5.41) is 28.5. The van der Waals surface area contributed by atoms with Crippen molar-refractivity contribution in [3.8, 4) is 0 Å². The Kier molecular flexibility index (Phi) is 19.9. The molecule has 24 nitrogen and oxygen atoms in total. The minimum Gasteiger partial charge on any atom is -0.382 e. The number of aromatic nitrogens is 2. The van der Waals surface area contributed by atoms with Gasteiger partial charge in [-0.15, -0.1) is 0 Å². The summed E-state index contributed by atoms with van der Waals surface area (Å²) in [7, 11) is 1.34. The van der Waals surface area contributed by atoms with Crippen molar-refractivity contribution in [3.63, 3.8) is 0 Å². The van der Waals surface area contributed by atoms with E-state index in [1.165, 1.54) is 13.1 Å². The van der Waals surface area contributed by atoms with Crippen molar-refractivity contribution in [2.75, 3.05) is 58.4 Å². The molecule has 8 atom stereocenters. The summed E-state index contributed by atoms with van der Waals surface area (Å²) in [4.78, 5) is 147. The number of fused-ring (bicyclic) bond motifs is 2. The molecule has 3 aliphatic carbocycles. The number of likely N-dealkylation sites (N-methyl/N-ethyl adjacent to an activating group) is 1. The zero-order chi connectivity index (χ0) is 58.1. The van der Waals surface area contributed by atoms with Crippen LogP contribution < -0.4 is 31.9 Å². The molecule has 10 amide bonds. The number of rotatable bonds is 25. The fourth-order valence-electron chi connectivity index (χ4n) is 11.9. The maximum atomic E-state index is 14.9. The quantitative estimate of drug-likeness (QED) is 0.0551. The Morgan fingerprint density at radius 2 is 1.47 bits per heavy atom. The van der Waals surface area contributed by atoms with Gasteiger partial charge < -0.3 is 51.4 Å². The third-order valence-corrected chi connectivity index (χ3v) is 16.5. The number of likely N-dealkylation sites (tertiary alicyclic amines) is 2. The van der Waals surface area contributed by atoms with E-state index < -0.39 is 94.9 Å². The Balaban J connectivity index is 0.792. The lowest BCUT2D eigenvalue weighted by Crippen LogP contribution is -2.62. The number of hydrogen-bond donors (Lipinski definition) is 7. The van der Waals surface area contributed by atoms with Gasteiger partial charge in [-0.1, -0.05) is 65.9 Å². The minimum atomic E-state index is -1.45. The molecule has 0 spiro atoms. The van der Waals surface area contributed by atoms with Crippen LogP contribution in [0.4, 0.5) is 5.69 Å². The number of aliphatic hydroxyl groups excluding tert-OH is 1. The first kappa shape index (κ1) is 60.2. The molecule has 5 fully saturated rings. The molecule has 6 aliphatic rings. The number of ether oxygens (including phenoxy) is 2. The Morgan fingerprint density at radius 1 is 0.778 bits per heavy atom. The van der Waals surface area contributed by atoms with Crippen molar-refractivity contribution >= 4 is 64.8 Å². The minimum absolute atomic E-state index is 0.0292. The fourth-order valence-corrected chi connectivity index (χ4v) is 11.9. The molecule has 81 heavy (non-hydrogen) atoms. The molecule has 0 bridgehead atoms. The third kappa shape index (κ3) is 14.2. The maximum absolute atomic E-state index is 14.9. The van der Waals surface area contributed by atoms with Crippen LogP contribution in [0, 0.1) is 23.2 Å². The number of carbonyl (C=O) groups is 10. The number of piperidine rings is 1. The van der Waals surface area contributed by atoms with E-state index in [0.29, 0.717) is 37.9 Å². The molecule has 3 saturated carbocycles. The maximum Gasteiger partial charge on any atom is 0.272 e. The molecule has 4 heterocycles. The Morgan fingerprint density at radius 3 is 2.14 bits per heavy atom. The highest BCUT2D eigenvalue weighted by atomic mass is 16.5. The highest BCUT2D eigenvalue weighted by molar-refractivity contribution is 6.25. The second kappa shape index (κ2) is 26.8. The number of aliphatic hydroxyl groups is 1. The van der Waals surface area contributed by atoms with E-state index in [-0.39, 0.29) is 105 Å². The number of imide groups is 2. The van der Waals surface area contributed by atoms with E-state index in [1.54, 1.807) is 17.0 Å². The van der Waals surface area contributed by atoms with Gasteiger partial charge >= 0.3 is 0 Å². The summed E-state index contributed by atoms with van der Waals surface area (Å²) in [6.07, 6.45) is 10.1. The van der Waals surface area contributed by atoms with Gasteiger partial charge in [0, 0.05) is 44.8 Å². The van der Waals surface area contributed by atoms with E-state index in [4.69, 9.17) is 9.47 Å². The lowest BCUT2D eigenvalue weighted by atomic mass is 9.82. The average Bonchev–Trinajstić information content (AvgIpc) is 3.97. The monoisotopic (exact) mass is 1130 g/mol.